The second-order valence-electron chi connectivity index (χ2n) is 9.22. The Morgan fingerprint density at radius 3 is 2.41 bits per heavy atom. The lowest BCUT2D eigenvalue weighted by atomic mass is 9.82. The standard InChI is InChI=1S/C29H30FN3O/c1-2-23-11-6-7-14-26(23)31-27-20-28(34)33(25-13-8-12-24(30)19-25)29(27)15-17-32(18-16-29)21-22-9-4-3-5-10-22/h3-14,19H,2,15-18,20-21H2,1H3. The summed E-state index contributed by atoms with van der Waals surface area (Å²) in [5, 5.41) is 0. The molecule has 0 bridgehead atoms. The van der Waals surface area contributed by atoms with Gasteiger partial charge in [-0.25, -0.2) is 4.39 Å². The van der Waals surface area contributed by atoms with Gasteiger partial charge in [-0.1, -0.05) is 61.5 Å². The van der Waals surface area contributed by atoms with Crippen LogP contribution in [0.3, 0.4) is 0 Å². The van der Waals surface area contributed by atoms with Crippen LogP contribution in [0, 0.1) is 5.82 Å². The number of piperidine rings is 1. The van der Waals surface area contributed by atoms with Crippen LogP contribution in [0.5, 0.6) is 0 Å². The normalized spacial score (nSPS) is 19.3. The highest BCUT2D eigenvalue weighted by atomic mass is 19.1. The van der Waals surface area contributed by atoms with Gasteiger partial charge in [-0.2, -0.15) is 0 Å². The van der Waals surface area contributed by atoms with Crippen molar-refractivity contribution in [1.29, 1.82) is 0 Å². The van der Waals surface area contributed by atoms with Gasteiger partial charge in [-0.05, 0) is 54.7 Å². The van der Waals surface area contributed by atoms with Crippen molar-refractivity contribution in [3.05, 3.63) is 95.8 Å². The first-order valence-corrected chi connectivity index (χ1v) is 12.1. The van der Waals surface area contributed by atoms with Gasteiger partial charge in [0.05, 0.1) is 23.4 Å². The number of benzene rings is 3. The second-order valence-corrected chi connectivity index (χ2v) is 9.22. The molecule has 2 fully saturated rings. The van der Waals surface area contributed by atoms with Crippen molar-refractivity contribution in [2.45, 2.75) is 44.7 Å². The molecule has 174 valence electrons. The third kappa shape index (κ3) is 4.28. The van der Waals surface area contributed by atoms with Crippen LogP contribution in [0.1, 0.15) is 37.3 Å². The maximum Gasteiger partial charge on any atom is 0.233 e. The van der Waals surface area contributed by atoms with Crippen LogP contribution < -0.4 is 4.90 Å². The molecule has 0 aromatic heterocycles. The van der Waals surface area contributed by atoms with Crippen molar-refractivity contribution in [2.24, 2.45) is 4.99 Å². The van der Waals surface area contributed by atoms with E-state index in [-0.39, 0.29) is 18.1 Å². The van der Waals surface area contributed by atoms with E-state index in [1.165, 1.54) is 23.3 Å². The number of carbonyl (C=O) groups excluding carboxylic acids is 1. The number of amides is 1. The molecule has 0 radical (unpaired) electrons. The molecule has 1 amide bonds. The summed E-state index contributed by atoms with van der Waals surface area (Å²) in [5.74, 6) is -0.335. The number of aryl methyl sites for hydroxylation is 1. The number of nitrogens with zero attached hydrogens (tertiary/aromatic N) is 3. The maximum atomic E-state index is 14.2. The summed E-state index contributed by atoms with van der Waals surface area (Å²) in [4.78, 5) is 22.8. The lowest BCUT2D eigenvalue weighted by molar-refractivity contribution is -0.117. The summed E-state index contributed by atoms with van der Waals surface area (Å²) >= 11 is 0. The second kappa shape index (κ2) is 9.51. The zero-order chi connectivity index (χ0) is 23.5. The number of halogens is 1. The molecule has 5 heteroatoms. The van der Waals surface area contributed by atoms with Crippen molar-refractivity contribution in [3.63, 3.8) is 0 Å². The zero-order valence-electron chi connectivity index (χ0n) is 19.6. The van der Waals surface area contributed by atoms with Crippen LogP contribution in [-0.2, 0) is 17.8 Å². The topological polar surface area (TPSA) is 35.9 Å². The van der Waals surface area contributed by atoms with Crippen LogP contribution in [0.15, 0.2) is 83.9 Å². The smallest absolute Gasteiger partial charge is 0.233 e. The molecule has 2 heterocycles. The summed E-state index contributed by atoms with van der Waals surface area (Å²) in [5.41, 5.74) is 4.38. The highest BCUT2D eigenvalue weighted by molar-refractivity contribution is 6.22. The average molecular weight is 456 g/mol. The first-order valence-electron chi connectivity index (χ1n) is 12.1. The van der Waals surface area contributed by atoms with Crippen LogP contribution in [0.2, 0.25) is 0 Å². The number of rotatable bonds is 5. The third-order valence-electron chi connectivity index (χ3n) is 7.16. The van der Waals surface area contributed by atoms with E-state index >= 15 is 0 Å². The Morgan fingerprint density at radius 1 is 0.941 bits per heavy atom. The fourth-order valence-corrected chi connectivity index (χ4v) is 5.40. The van der Waals surface area contributed by atoms with Gasteiger partial charge in [0.2, 0.25) is 5.91 Å². The van der Waals surface area contributed by atoms with E-state index in [4.69, 9.17) is 4.99 Å². The first kappa shape index (κ1) is 22.5. The molecule has 0 atom stereocenters. The van der Waals surface area contributed by atoms with E-state index in [9.17, 15) is 9.18 Å². The van der Waals surface area contributed by atoms with Crippen LogP contribution >= 0.6 is 0 Å². The van der Waals surface area contributed by atoms with E-state index in [1.54, 1.807) is 6.07 Å². The predicted molar refractivity (Wildman–Crippen MR) is 135 cm³/mol. The van der Waals surface area contributed by atoms with Gasteiger partial charge in [-0.15, -0.1) is 0 Å². The van der Waals surface area contributed by atoms with Crippen molar-refractivity contribution in [3.8, 4) is 0 Å². The first-order chi connectivity index (χ1) is 16.6. The molecule has 0 saturated carbocycles. The van der Waals surface area contributed by atoms with E-state index in [0.29, 0.717) is 5.69 Å². The minimum Gasteiger partial charge on any atom is -0.300 e. The summed E-state index contributed by atoms with van der Waals surface area (Å²) in [6.45, 7) is 4.70. The molecule has 34 heavy (non-hydrogen) atoms. The van der Waals surface area contributed by atoms with Gasteiger partial charge >= 0.3 is 0 Å². The molecule has 0 aliphatic carbocycles. The quantitative estimate of drug-likeness (QED) is 0.478. The van der Waals surface area contributed by atoms with Crippen LogP contribution in [-0.4, -0.2) is 35.1 Å². The molecule has 4 nitrogen and oxygen atoms in total. The average Bonchev–Trinajstić information content (AvgIpc) is 3.11. The van der Waals surface area contributed by atoms with Crippen LogP contribution in [0.25, 0.3) is 0 Å². The zero-order valence-corrected chi connectivity index (χ0v) is 19.6. The van der Waals surface area contributed by atoms with E-state index < -0.39 is 5.54 Å². The Bertz CT molecular complexity index is 1200. The molecule has 2 aliphatic rings. The Hall–Kier alpha value is -3.31. The molecule has 2 saturated heterocycles. The molecular formula is C29H30FN3O. The van der Waals surface area contributed by atoms with Crippen molar-refractivity contribution >= 4 is 23.0 Å². The molecule has 3 aromatic carbocycles. The van der Waals surface area contributed by atoms with Gasteiger partial charge in [0.25, 0.3) is 0 Å². The number of anilines is 1. The van der Waals surface area contributed by atoms with Gasteiger partial charge in [0, 0.05) is 25.3 Å². The van der Waals surface area contributed by atoms with Crippen molar-refractivity contribution < 1.29 is 9.18 Å². The van der Waals surface area contributed by atoms with E-state index in [0.717, 1.165) is 50.3 Å². The SMILES string of the molecule is CCc1ccccc1N=C1CC(=O)N(c2cccc(F)c2)C12CCN(Cc1ccccc1)CC2. The number of para-hydroxylation sites is 1. The minimum absolute atomic E-state index is 0.00478. The number of carbonyl (C=O) groups is 1. The molecule has 2 aliphatic heterocycles. The number of hydrogen-bond donors (Lipinski definition) is 0. The molecule has 3 aromatic rings. The summed E-state index contributed by atoms with van der Waals surface area (Å²) < 4.78 is 14.2. The number of likely N-dealkylation sites (tertiary alicyclic amines) is 1. The lowest BCUT2D eigenvalue weighted by Gasteiger charge is -2.45. The van der Waals surface area contributed by atoms with E-state index in [1.807, 2.05) is 35.2 Å². The van der Waals surface area contributed by atoms with Crippen molar-refractivity contribution in [1.82, 2.24) is 4.90 Å². The highest BCUT2D eigenvalue weighted by Crippen LogP contribution is 2.42. The highest BCUT2D eigenvalue weighted by Gasteiger charge is 2.52. The van der Waals surface area contributed by atoms with Gasteiger partial charge in [-0.3, -0.25) is 14.7 Å². The Kier molecular flexibility index (Phi) is 6.29. The largest absolute Gasteiger partial charge is 0.300 e. The summed E-state index contributed by atoms with van der Waals surface area (Å²) in [6, 6.07) is 25.0. The lowest BCUT2D eigenvalue weighted by Crippen LogP contribution is -2.56. The van der Waals surface area contributed by atoms with Gasteiger partial charge in [0.15, 0.2) is 0 Å². The minimum atomic E-state index is -0.529. The molecule has 0 unspecified atom stereocenters. The Morgan fingerprint density at radius 2 is 1.68 bits per heavy atom. The molecule has 0 N–H and O–H groups in total. The summed E-state index contributed by atoms with van der Waals surface area (Å²) in [7, 11) is 0. The summed E-state index contributed by atoms with van der Waals surface area (Å²) in [6.07, 6.45) is 2.70. The number of hydrogen-bond acceptors (Lipinski definition) is 3. The number of aliphatic imine (C=N–C) groups is 1. The fraction of sp³-hybridized carbons (Fsp3) is 0.310. The van der Waals surface area contributed by atoms with Gasteiger partial charge in [0.1, 0.15) is 5.82 Å². The van der Waals surface area contributed by atoms with Crippen molar-refractivity contribution in [2.75, 3.05) is 18.0 Å². The Labute approximate surface area is 200 Å². The molecule has 5 rings (SSSR count). The fourth-order valence-electron chi connectivity index (χ4n) is 5.40. The van der Waals surface area contributed by atoms with Crippen LogP contribution in [0.4, 0.5) is 15.8 Å². The Balaban J connectivity index is 1.51. The predicted octanol–water partition coefficient (Wildman–Crippen LogP) is 5.93. The monoisotopic (exact) mass is 455 g/mol. The molecule has 1 spiro atoms. The third-order valence-corrected chi connectivity index (χ3v) is 7.16. The van der Waals surface area contributed by atoms with E-state index in [2.05, 4.69) is 42.2 Å². The molecular weight excluding hydrogens is 425 g/mol. The maximum absolute atomic E-state index is 14.2. The van der Waals surface area contributed by atoms with Gasteiger partial charge < -0.3 is 4.90 Å².